The zero-order chi connectivity index (χ0) is 11.9. The van der Waals surface area contributed by atoms with Gasteiger partial charge in [-0.15, -0.1) is 0 Å². The first-order valence-electron chi connectivity index (χ1n) is 4.86. The average Bonchev–Trinajstić information content (AvgIpc) is 2.10. The molecule has 0 amide bonds. The Labute approximate surface area is 87.1 Å². The summed E-state index contributed by atoms with van der Waals surface area (Å²) in [6.07, 6.45) is -2.99. The number of hydrogen-bond donors (Lipinski definition) is 0. The van der Waals surface area contributed by atoms with E-state index in [1.54, 1.807) is 13.8 Å². The maximum atomic E-state index is 12.4. The highest BCUT2D eigenvalue weighted by atomic mass is 19.4. The summed E-state index contributed by atoms with van der Waals surface area (Å²) < 4.78 is 41.5. The van der Waals surface area contributed by atoms with Crippen molar-refractivity contribution in [3.8, 4) is 0 Å². The van der Waals surface area contributed by atoms with Gasteiger partial charge in [-0.3, -0.25) is 0 Å². The number of rotatable bonds is 5. The molecule has 0 bridgehead atoms. The van der Waals surface area contributed by atoms with Crippen molar-refractivity contribution in [1.82, 2.24) is 0 Å². The van der Waals surface area contributed by atoms with Crippen molar-refractivity contribution in [2.24, 2.45) is 0 Å². The summed E-state index contributed by atoms with van der Waals surface area (Å²) >= 11 is 0. The van der Waals surface area contributed by atoms with Crippen molar-refractivity contribution in [2.45, 2.75) is 39.3 Å². The van der Waals surface area contributed by atoms with Gasteiger partial charge in [0.25, 0.3) is 0 Å². The minimum Gasteiger partial charge on any atom is -0.463 e. The summed E-state index contributed by atoms with van der Waals surface area (Å²) in [5.41, 5.74) is -0.817. The van der Waals surface area contributed by atoms with Crippen molar-refractivity contribution < 1.29 is 22.7 Å². The van der Waals surface area contributed by atoms with Crippen molar-refractivity contribution in [3.05, 3.63) is 11.6 Å². The Morgan fingerprint density at radius 1 is 1.33 bits per heavy atom. The predicted molar refractivity (Wildman–Crippen MR) is 50.3 cm³/mol. The molecule has 88 valence electrons. The number of unbranched alkanes of at least 4 members (excludes halogenated alkanes) is 1. The molecule has 0 rings (SSSR count). The minimum atomic E-state index is -4.44. The van der Waals surface area contributed by atoms with Gasteiger partial charge in [-0.2, -0.15) is 13.2 Å². The number of carbonyl (C=O) groups is 1. The maximum Gasteiger partial charge on any atom is 0.412 e. The second kappa shape index (κ2) is 6.48. The number of allylic oxidation sites excluding steroid dienone is 1. The molecular formula is C10H15F3O2. The molecule has 0 aromatic carbocycles. The highest BCUT2D eigenvalue weighted by Gasteiger charge is 2.33. The van der Waals surface area contributed by atoms with Gasteiger partial charge in [0, 0.05) is 11.6 Å². The lowest BCUT2D eigenvalue weighted by Gasteiger charge is -2.10. The normalized spacial score (nSPS) is 12.7. The number of carbonyl (C=O) groups excluding carboxylic acids is 1. The van der Waals surface area contributed by atoms with Crippen molar-refractivity contribution in [1.29, 1.82) is 0 Å². The summed E-state index contributed by atoms with van der Waals surface area (Å²) in [5, 5.41) is 0. The fraction of sp³-hybridized carbons (Fsp3) is 0.700. The van der Waals surface area contributed by atoms with Gasteiger partial charge in [0.05, 0.1) is 6.61 Å². The van der Waals surface area contributed by atoms with Gasteiger partial charge >= 0.3 is 12.1 Å². The Kier molecular flexibility index (Phi) is 6.05. The van der Waals surface area contributed by atoms with E-state index in [1.165, 1.54) is 0 Å². The fourth-order valence-corrected chi connectivity index (χ4v) is 0.989. The zero-order valence-electron chi connectivity index (χ0n) is 8.86. The molecule has 0 saturated heterocycles. The number of esters is 1. The maximum absolute atomic E-state index is 12.4. The number of alkyl halides is 3. The Bertz CT molecular complexity index is 231. The molecule has 0 aromatic rings. The molecule has 0 aliphatic carbocycles. The van der Waals surface area contributed by atoms with Crippen LogP contribution in [0.5, 0.6) is 0 Å². The molecule has 0 aliphatic rings. The third kappa shape index (κ3) is 6.14. The van der Waals surface area contributed by atoms with Gasteiger partial charge in [-0.25, -0.2) is 4.79 Å². The Hall–Kier alpha value is -1.00. The first-order valence-corrected chi connectivity index (χ1v) is 4.86. The lowest BCUT2D eigenvalue weighted by Crippen LogP contribution is -2.14. The summed E-state index contributed by atoms with van der Waals surface area (Å²) in [6.45, 7) is 3.41. The van der Waals surface area contributed by atoms with E-state index >= 15 is 0 Å². The summed E-state index contributed by atoms with van der Waals surface area (Å²) in [4.78, 5) is 10.9. The molecule has 0 N–H and O–H groups in total. The van der Waals surface area contributed by atoms with Gasteiger partial charge in [0.2, 0.25) is 0 Å². The van der Waals surface area contributed by atoms with Crippen molar-refractivity contribution in [2.75, 3.05) is 6.61 Å². The highest BCUT2D eigenvalue weighted by molar-refractivity contribution is 5.83. The largest absolute Gasteiger partial charge is 0.463 e. The molecule has 0 saturated carbocycles. The lowest BCUT2D eigenvalue weighted by molar-refractivity contribution is -0.138. The Morgan fingerprint density at radius 2 is 1.93 bits per heavy atom. The van der Waals surface area contributed by atoms with Crippen LogP contribution in [0.3, 0.4) is 0 Å². The second-order valence-electron chi connectivity index (χ2n) is 3.02. The first kappa shape index (κ1) is 14.0. The monoisotopic (exact) mass is 224 g/mol. The van der Waals surface area contributed by atoms with E-state index in [2.05, 4.69) is 4.74 Å². The highest BCUT2D eigenvalue weighted by Crippen LogP contribution is 2.29. The Morgan fingerprint density at radius 3 is 2.33 bits per heavy atom. The van der Waals surface area contributed by atoms with Gasteiger partial charge in [-0.05, 0) is 19.8 Å². The molecular weight excluding hydrogens is 209 g/mol. The molecule has 0 spiro atoms. The van der Waals surface area contributed by atoms with Crippen LogP contribution in [-0.2, 0) is 9.53 Å². The van der Waals surface area contributed by atoms with E-state index in [0.717, 1.165) is 0 Å². The van der Waals surface area contributed by atoms with E-state index in [0.29, 0.717) is 18.9 Å². The van der Waals surface area contributed by atoms with Crippen molar-refractivity contribution >= 4 is 5.97 Å². The molecule has 15 heavy (non-hydrogen) atoms. The van der Waals surface area contributed by atoms with Crippen LogP contribution in [0.15, 0.2) is 11.6 Å². The second-order valence-corrected chi connectivity index (χ2v) is 3.02. The molecule has 0 fully saturated rings. The van der Waals surface area contributed by atoms with E-state index in [4.69, 9.17) is 0 Å². The minimum absolute atomic E-state index is 0.0776. The van der Waals surface area contributed by atoms with Crippen LogP contribution in [-0.4, -0.2) is 18.8 Å². The number of ether oxygens (including phenoxy) is 1. The van der Waals surface area contributed by atoms with E-state index in [9.17, 15) is 18.0 Å². The summed E-state index contributed by atoms with van der Waals surface area (Å²) in [7, 11) is 0. The third-order valence-corrected chi connectivity index (χ3v) is 1.74. The van der Waals surface area contributed by atoms with E-state index in [1.807, 2.05) is 0 Å². The third-order valence-electron chi connectivity index (χ3n) is 1.74. The van der Waals surface area contributed by atoms with Crippen LogP contribution in [0, 0.1) is 0 Å². The smallest absolute Gasteiger partial charge is 0.412 e. The predicted octanol–water partition coefficient (Wildman–Crippen LogP) is 3.23. The van der Waals surface area contributed by atoms with Crippen LogP contribution in [0.25, 0.3) is 0 Å². The van der Waals surface area contributed by atoms with Crippen LogP contribution in [0.1, 0.15) is 33.1 Å². The van der Waals surface area contributed by atoms with Gasteiger partial charge in [0.15, 0.2) is 0 Å². The van der Waals surface area contributed by atoms with Gasteiger partial charge in [-0.1, -0.05) is 13.3 Å². The average molecular weight is 224 g/mol. The number of halogens is 3. The van der Waals surface area contributed by atoms with E-state index in [-0.39, 0.29) is 13.0 Å². The van der Waals surface area contributed by atoms with Crippen LogP contribution in [0.2, 0.25) is 0 Å². The van der Waals surface area contributed by atoms with Gasteiger partial charge in [0.1, 0.15) is 0 Å². The molecule has 5 heteroatoms. The molecule has 2 nitrogen and oxygen atoms in total. The lowest BCUT2D eigenvalue weighted by atomic mass is 10.1. The topological polar surface area (TPSA) is 26.3 Å². The van der Waals surface area contributed by atoms with Crippen LogP contribution >= 0.6 is 0 Å². The van der Waals surface area contributed by atoms with Crippen LogP contribution in [0.4, 0.5) is 13.2 Å². The standard InChI is InChI=1S/C10H15F3O2/c1-3-5-6-8(10(11,12)13)7-9(14)15-4-2/h7H,3-6H2,1-2H3. The molecule has 0 radical (unpaired) electrons. The Balaban J connectivity index is 4.54. The quantitative estimate of drug-likeness (QED) is 0.529. The zero-order valence-corrected chi connectivity index (χ0v) is 8.86. The molecule has 0 atom stereocenters. The number of hydrogen-bond acceptors (Lipinski definition) is 2. The molecule has 0 aliphatic heterocycles. The fourth-order valence-electron chi connectivity index (χ4n) is 0.989. The van der Waals surface area contributed by atoms with Crippen LogP contribution < -0.4 is 0 Å². The van der Waals surface area contributed by atoms with E-state index < -0.39 is 17.7 Å². The molecule has 0 heterocycles. The van der Waals surface area contributed by atoms with Gasteiger partial charge < -0.3 is 4.74 Å². The molecule has 0 aromatic heterocycles. The molecule has 0 unspecified atom stereocenters. The first-order chi connectivity index (χ1) is 6.91. The van der Waals surface area contributed by atoms with Crippen molar-refractivity contribution in [3.63, 3.8) is 0 Å². The summed E-state index contributed by atoms with van der Waals surface area (Å²) in [5.74, 6) is -0.930. The summed E-state index contributed by atoms with van der Waals surface area (Å²) in [6, 6.07) is 0. The SMILES string of the molecule is CCCCC(=CC(=O)OCC)C(F)(F)F.